The molecule has 3 aromatic rings. The Morgan fingerprint density at radius 2 is 2.00 bits per heavy atom. The van der Waals surface area contributed by atoms with E-state index < -0.39 is 0 Å². The van der Waals surface area contributed by atoms with E-state index in [0.29, 0.717) is 5.92 Å². The van der Waals surface area contributed by atoms with Gasteiger partial charge in [0.05, 0.1) is 17.4 Å². The van der Waals surface area contributed by atoms with E-state index in [2.05, 4.69) is 20.1 Å². The number of aromatic amines is 2. The summed E-state index contributed by atoms with van der Waals surface area (Å²) in [5.74, 6) is 2.03. The van der Waals surface area contributed by atoms with Crippen LogP contribution < -0.4 is 5.69 Å². The van der Waals surface area contributed by atoms with Gasteiger partial charge in [-0.05, 0) is 50.4 Å². The molecular formula is C22H30N6O. The summed E-state index contributed by atoms with van der Waals surface area (Å²) >= 11 is 0. The summed E-state index contributed by atoms with van der Waals surface area (Å²) in [7, 11) is 0. The van der Waals surface area contributed by atoms with Gasteiger partial charge in [0, 0.05) is 17.8 Å². The zero-order chi connectivity index (χ0) is 19.6. The average molecular weight is 395 g/mol. The lowest BCUT2D eigenvalue weighted by Gasteiger charge is -2.33. The van der Waals surface area contributed by atoms with Crippen molar-refractivity contribution >= 4 is 10.9 Å². The molecule has 3 heterocycles. The summed E-state index contributed by atoms with van der Waals surface area (Å²) in [6, 6.07) is 5.79. The third kappa shape index (κ3) is 3.88. The molecule has 2 N–H and O–H groups in total. The SMILES string of the molecule is O=c1[nH]c([C@H]2CCCN(CCC3CCCCC3)C2)nn1-c1cccc2[nH]ncc12. The second-order valence-corrected chi connectivity index (χ2v) is 8.77. The summed E-state index contributed by atoms with van der Waals surface area (Å²) in [6.45, 7) is 3.35. The van der Waals surface area contributed by atoms with Crippen LogP contribution in [0.2, 0.25) is 0 Å². The Labute approximate surface area is 170 Å². The second-order valence-electron chi connectivity index (χ2n) is 8.77. The quantitative estimate of drug-likeness (QED) is 0.693. The number of fused-ring (bicyclic) bond motifs is 1. The maximum absolute atomic E-state index is 12.7. The van der Waals surface area contributed by atoms with E-state index in [9.17, 15) is 4.79 Å². The van der Waals surface area contributed by atoms with Crippen molar-refractivity contribution < 1.29 is 0 Å². The van der Waals surface area contributed by atoms with Crippen LogP contribution >= 0.6 is 0 Å². The maximum Gasteiger partial charge on any atom is 0.348 e. The van der Waals surface area contributed by atoms with Crippen LogP contribution in [0.3, 0.4) is 0 Å². The van der Waals surface area contributed by atoms with Crippen molar-refractivity contribution in [2.75, 3.05) is 19.6 Å². The van der Waals surface area contributed by atoms with Crippen LogP contribution in [-0.2, 0) is 0 Å². The molecule has 1 atom stereocenters. The third-order valence-corrected chi connectivity index (χ3v) is 6.80. The average Bonchev–Trinajstić information content (AvgIpc) is 3.40. The molecule has 0 amide bonds. The van der Waals surface area contributed by atoms with Crippen molar-refractivity contribution in [1.82, 2.24) is 29.9 Å². The molecule has 0 radical (unpaired) electrons. The number of H-pyrrole nitrogens is 2. The number of piperidine rings is 1. The minimum atomic E-state index is -0.173. The lowest BCUT2D eigenvalue weighted by molar-refractivity contribution is 0.182. The number of aromatic nitrogens is 5. The van der Waals surface area contributed by atoms with Gasteiger partial charge in [-0.3, -0.25) is 10.1 Å². The Balaban J connectivity index is 1.30. The number of nitrogens with zero attached hydrogens (tertiary/aromatic N) is 4. The number of hydrogen-bond acceptors (Lipinski definition) is 4. The van der Waals surface area contributed by atoms with E-state index >= 15 is 0 Å². The predicted molar refractivity (Wildman–Crippen MR) is 113 cm³/mol. The first-order valence-electron chi connectivity index (χ1n) is 11.1. The molecule has 0 bridgehead atoms. The molecule has 1 saturated carbocycles. The summed E-state index contributed by atoms with van der Waals surface area (Å²) < 4.78 is 1.49. The monoisotopic (exact) mass is 394 g/mol. The largest absolute Gasteiger partial charge is 0.348 e. The summed E-state index contributed by atoms with van der Waals surface area (Å²) in [6.07, 6.45) is 12.4. The molecule has 1 aromatic carbocycles. The molecule has 5 rings (SSSR count). The van der Waals surface area contributed by atoms with E-state index in [1.165, 1.54) is 62.7 Å². The van der Waals surface area contributed by atoms with Crippen LogP contribution in [0, 0.1) is 5.92 Å². The van der Waals surface area contributed by atoms with E-state index in [0.717, 1.165) is 41.3 Å². The Kier molecular flexibility index (Phi) is 5.23. The normalized spacial score (nSPS) is 21.7. The van der Waals surface area contributed by atoms with Crippen LogP contribution in [0.5, 0.6) is 0 Å². The molecule has 0 spiro atoms. The van der Waals surface area contributed by atoms with Crippen molar-refractivity contribution in [2.45, 2.75) is 57.3 Å². The first-order chi connectivity index (χ1) is 14.3. The molecule has 2 aliphatic rings. The second kappa shape index (κ2) is 8.14. The van der Waals surface area contributed by atoms with Crippen LogP contribution in [0.1, 0.15) is 63.1 Å². The highest BCUT2D eigenvalue weighted by Gasteiger charge is 2.26. The highest BCUT2D eigenvalue weighted by atomic mass is 16.1. The molecule has 2 aromatic heterocycles. The van der Waals surface area contributed by atoms with E-state index in [4.69, 9.17) is 5.10 Å². The fraction of sp³-hybridized carbons (Fsp3) is 0.591. The number of rotatable bonds is 5. The minimum Gasteiger partial charge on any atom is -0.303 e. The maximum atomic E-state index is 12.7. The Bertz CT molecular complexity index is 1010. The van der Waals surface area contributed by atoms with E-state index in [1.54, 1.807) is 6.20 Å². The van der Waals surface area contributed by atoms with Crippen molar-refractivity contribution in [2.24, 2.45) is 5.92 Å². The number of nitrogens with one attached hydrogen (secondary N) is 2. The van der Waals surface area contributed by atoms with Gasteiger partial charge in [0.25, 0.3) is 0 Å². The molecule has 1 aliphatic carbocycles. The Morgan fingerprint density at radius 3 is 2.90 bits per heavy atom. The van der Waals surface area contributed by atoms with Crippen LogP contribution in [0.4, 0.5) is 0 Å². The lowest BCUT2D eigenvalue weighted by atomic mass is 9.86. The molecule has 29 heavy (non-hydrogen) atoms. The van der Waals surface area contributed by atoms with E-state index in [-0.39, 0.29) is 5.69 Å². The zero-order valence-corrected chi connectivity index (χ0v) is 16.9. The lowest BCUT2D eigenvalue weighted by Crippen LogP contribution is -2.36. The van der Waals surface area contributed by atoms with E-state index in [1.807, 2.05) is 18.2 Å². The minimum absolute atomic E-state index is 0.173. The fourth-order valence-electron chi connectivity index (χ4n) is 5.15. The molecule has 0 unspecified atom stereocenters. The predicted octanol–water partition coefficient (Wildman–Crippen LogP) is 3.59. The first kappa shape index (κ1) is 18.6. The third-order valence-electron chi connectivity index (χ3n) is 6.80. The molecule has 1 aliphatic heterocycles. The zero-order valence-electron chi connectivity index (χ0n) is 16.9. The van der Waals surface area contributed by atoms with Gasteiger partial charge < -0.3 is 4.90 Å². The molecular weight excluding hydrogens is 364 g/mol. The summed E-state index contributed by atoms with van der Waals surface area (Å²) in [5, 5.41) is 12.7. The first-order valence-corrected chi connectivity index (χ1v) is 11.1. The van der Waals surface area contributed by atoms with Gasteiger partial charge >= 0.3 is 5.69 Å². The number of likely N-dealkylation sites (tertiary alicyclic amines) is 1. The van der Waals surface area contributed by atoms with Gasteiger partial charge in [-0.2, -0.15) is 9.78 Å². The highest BCUT2D eigenvalue weighted by Crippen LogP contribution is 2.29. The van der Waals surface area contributed by atoms with Gasteiger partial charge in [-0.25, -0.2) is 4.79 Å². The van der Waals surface area contributed by atoms with Gasteiger partial charge in [0.1, 0.15) is 5.82 Å². The van der Waals surface area contributed by atoms with Crippen molar-refractivity contribution in [3.8, 4) is 5.69 Å². The van der Waals surface area contributed by atoms with Gasteiger partial charge in [0.2, 0.25) is 0 Å². The molecule has 7 heteroatoms. The highest BCUT2D eigenvalue weighted by molar-refractivity contribution is 5.86. The Hall–Kier alpha value is -2.41. The summed E-state index contributed by atoms with van der Waals surface area (Å²) in [5.41, 5.74) is 1.51. The van der Waals surface area contributed by atoms with Crippen LogP contribution in [0.15, 0.2) is 29.2 Å². The van der Waals surface area contributed by atoms with Gasteiger partial charge in [-0.15, -0.1) is 5.10 Å². The number of benzene rings is 1. The van der Waals surface area contributed by atoms with Crippen LogP contribution in [-0.4, -0.2) is 49.5 Å². The van der Waals surface area contributed by atoms with Crippen molar-refractivity contribution in [3.05, 3.63) is 40.7 Å². The fourth-order valence-corrected chi connectivity index (χ4v) is 5.15. The Morgan fingerprint density at radius 1 is 1.10 bits per heavy atom. The van der Waals surface area contributed by atoms with Gasteiger partial charge in [0.15, 0.2) is 0 Å². The van der Waals surface area contributed by atoms with Crippen LogP contribution in [0.25, 0.3) is 16.6 Å². The van der Waals surface area contributed by atoms with Gasteiger partial charge in [-0.1, -0.05) is 38.2 Å². The van der Waals surface area contributed by atoms with Crippen molar-refractivity contribution in [3.63, 3.8) is 0 Å². The molecule has 154 valence electrons. The molecule has 7 nitrogen and oxygen atoms in total. The summed E-state index contributed by atoms with van der Waals surface area (Å²) in [4.78, 5) is 18.3. The topological polar surface area (TPSA) is 82.6 Å². The molecule has 1 saturated heterocycles. The standard InChI is InChI=1S/C22H30N6O/c29-22-24-21(26-28(22)20-10-4-9-19-18(20)14-23-25-19)17-8-5-12-27(15-17)13-11-16-6-2-1-3-7-16/h4,9-10,14,16-17H,1-3,5-8,11-13,15H2,(H,23,25)(H,24,26,29)/t17-/m0/s1. The van der Waals surface area contributed by atoms with Crippen molar-refractivity contribution in [1.29, 1.82) is 0 Å². The number of hydrogen-bond donors (Lipinski definition) is 2. The molecule has 2 fully saturated rings. The smallest absolute Gasteiger partial charge is 0.303 e.